The van der Waals surface area contributed by atoms with Crippen molar-refractivity contribution in [1.29, 1.82) is 0 Å². The number of ether oxygens (including phenoxy) is 2. The first-order valence-electron chi connectivity index (χ1n) is 10.9. The molecular formula is C23H33N3O6Si. The molecule has 1 aromatic heterocycles. The zero-order chi connectivity index (χ0) is 24.4. The summed E-state index contributed by atoms with van der Waals surface area (Å²) in [5, 5.41) is 13.1. The highest BCUT2D eigenvalue weighted by atomic mass is 28.4. The van der Waals surface area contributed by atoms with E-state index in [-0.39, 0.29) is 23.9 Å². The zero-order valence-corrected chi connectivity index (χ0v) is 21.0. The number of carbonyl (C=O) groups is 1. The van der Waals surface area contributed by atoms with Crippen molar-refractivity contribution >= 4 is 20.0 Å². The predicted molar refractivity (Wildman–Crippen MR) is 127 cm³/mol. The first kappa shape index (κ1) is 25.1. The Morgan fingerprint density at radius 3 is 2.52 bits per heavy atom. The van der Waals surface area contributed by atoms with Crippen LogP contribution in [-0.4, -0.2) is 54.8 Å². The maximum absolute atomic E-state index is 12.6. The van der Waals surface area contributed by atoms with Crippen molar-refractivity contribution in [3.8, 4) is 5.75 Å². The number of carbonyl (C=O) groups excluding carboxylic acids is 1. The zero-order valence-electron chi connectivity index (χ0n) is 20.0. The number of aromatic nitrogens is 2. The van der Waals surface area contributed by atoms with E-state index >= 15 is 0 Å². The normalized spacial score (nSPS) is 21.1. The van der Waals surface area contributed by atoms with Gasteiger partial charge in [-0.3, -0.25) is 9.36 Å². The van der Waals surface area contributed by atoms with Crippen LogP contribution in [0.2, 0.25) is 18.1 Å². The second kappa shape index (κ2) is 9.76. The van der Waals surface area contributed by atoms with Crippen molar-refractivity contribution in [2.24, 2.45) is 0 Å². The molecule has 0 radical (unpaired) electrons. The van der Waals surface area contributed by atoms with E-state index in [1.54, 1.807) is 31.4 Å². The van der Waals surface area contributed by atoms with Crippen LogP contribution in [-0.2, 0) is 9.16 Å². The fraction of sp³-hybridized carbons (Fsp3) is 0.522. The molecule has 1 aliphatic heterocycles. The second-order valence-electron chi connectivity index (χ2n) is 9.69. The van der Waals surface area contributed by atoms with Gasteiger partial charge in [0.05, 0.1) is 19.8 Å². The Labute approximate surface area is 194 Å². The van der Waals surface area contributed by atoms with Crippen LogP contribution < -0.4 is 15.7 Å². The maximum atomic E-state index is 12.6. The summed E-state index contributed by atoms with van der Waals surface area (Å²) in [6.45, 7) is 11.0. The Morgan fingerprint density at radius 2 is 1.94 bits per heavy atom. The van der Waals surface area contributed by atoms with E-state index in [9.17, 15) is 14.7 Å². The largest absolute Gasteiger partial charge is 0.497 e. The molecule has 1 saturated heterocycles. The monoisotopic (exact) mass is 475 g/mol. The molecule has 2 N–H and O–H groups in total. The summed E-state index contributed by atoms with van der Waals surface area (Å²) in [5.74, 6) is 0.380. The van der Waals surface area contributed by atoms with Crippen LogP contribution in [0.3, 0.4) is 0 Å². The lowest BCUT2D eigenvalue weighted by Crippen LogP contribution is -2.43. The molecule has 180 valence electrons. The Hall–Kier alpha value is -2.53. The number of methoxy groups -OCH3 is 1. The first-order chi connectivity index (χ1) is 15.4. The number of amides is 1. The lowest BCUT2D eigenvalue weighted by Gasteiger charge is -2.37. The van der Waals surface area contributed by atoms with Gasteiger partial charge in [-0.1, -0.05) is 20.8 Å². The molecule has 1 fully saturated rings. The van der Waals surface area contributed by atoms with E-state index in [0.717, 1.165) is 0 Å². The second-order valence-corrected chi connectivity index (χ2v) is 14.5. The highest BCUT2D eigenvalue weighted by molar-refractivity contribution is 6.74. The lowest BCUT2D eigenvalue weighted by molar-refractivity contribution is -0.0432. The summed E-state index contributed by atoms with van der Waals surface area (Å²) in [7, 11) is -0.444. The number of aliphatic hydroxyl groups is 1. The van der Waals surface area contributed by atoms with Gasteiger partial charge in [0.1, 0.15) is 23.9 Å². The van der Waals surface area contributed by atoms with Gasteiger partial charge in [-0.05, 0) is 48.5 Å². The summed E-state index contributed by atoms with van der Waals surface area (Å²) < 4.78 is 18.5. The smallest absolute Gasteiger partial charge is 0.351 e. The Kier molecular flexibility index (Phi) is 7.42. The Morgan fingerprint density at radius 1 is 1.27 bits per heavy atom. The molecule has 2 aromatic rings. The summed E-state index contributed by atoms with van der Waals surface area (Å²) in [6, 6.07) is 8.12. The highest BCUT2D eigenvalue weighted by Gasteiger charge is 2.41. The van der Waals surface area contributed by atoms with Gasteiger partial charge < -0.3 is 24.3 Å². The van der Waals surface area contributed by atoms with Crippen molar-refractivity contribution in [2.75, 3.05) is 19.0 Å². The number of nitrogens with zero attached hydrogens (tertiary/aromatic N) is 2. The van der Waals surface area contributed by atoms with E-state index in [1.807, 2.05) is 0 Å². The number of aliphatic hydroxyl groups excluding tert-OH is 1. The summed E-state index contributed by atoms with van der Waals surface area (Å²) in [6.07, 6.45) is -0.163. The van der Waals surface area contributed by atoms with Gasteiger partial charge in [-0.2, -0.15) is 4.98 Å². The minimum atomic E-state index is -1.99. The quantitative estimate of drug-likeness (QED) is 0.592. The number of nitrogens with one attached hydrogen (secondary N) is 1. The molecular weight excluding hydrogens is 442 g/mol. The third-order valence-electron chi connectivity index (χ3n) is 6.35. The molecule has 1 aliphatic rings. The Bertz CT molecular complexity index is 1030. The highest BCUT2D eigenvalue weighted by Crippen LogP contribution is 2.37. The first-order valence-corrected chi connectivity index (χ1v) is 13.8. The topological polar surface area (TPSA) is 112 Å². The third-order valence-corrected chi connectivity index (χ3v) is 10.9. The van der Waals surface area contributed by atoms with Crippen LogP contribution in [0.1, 0.15) is 43.8 Å². The average Bonchev–Trinajstić information content (AvgIpc) is 3.12. The molecule has 3 atom stereocenters. The van der Waals surface area contributed by atoms with E-state index in [4.69, 9.17) is 13.9 Å². The summed E-state index contributed by atoms with van der Waals surface area (Å²) in [4.78, 5) is 28.9. The van der Waals surface area contributed by atoms with E-state index < -0.39 is 38.4 Å². The van der Waals surface area contributed by atoms with Crippen molar-refractivity contribution in [1.82, 2.24) is 9.55 Å². The lowest BCUT2D eigenvalue weighted by atomic mass is 10.2. The van der Waals surface area contributed by atoms with Gasteiger partial charge in [0.2, 0.25) is 0 Å². The van der Waals surface area contributed by atoms with Crippen LogP contribution in [0, 0.1) is 0 Å². The number of hydrogen-bond donors (Lipinski definition) is 2. The van der Waals surface area contributed by atoms with Crippen molar-refractivity contribution in [2.45, 2.75) is 63.8 Å². The predicted octanol–water partition coefficient (Wildman–Crippen LogP) is 3.17. The molecule has 1 aromatic carbocycles. The van der Waals surface area contributed by atoms with Gasteiger partial charge in [0, 0.05) is 18.2 Å². The van der Waals surface area contributed by atoms with Crippen LogP contribution >= 0.6 is 0 Å². The molecule has 33 heavy (non-hydrogen) atoms. The molecule has 10 heteroatoms. The van der Waals surface area contributed by atoms with Gasteiger partial charge in [0.15, 0.2) is 8.32 Å². The van der Waals surface area contributed by atoms with E-state index in [2.05, 4.69) is 44.2 Å². The molecule has 0 unspecified atom stereocenters. The SMILES string of the molecule is COc1ccc(C(=O)Nc2ccn([C@H]3C[C@H](O)[C@@H](CO[Si](C)(C)C(C)(C)C)O3)c(=O)n2)cc1. The maximum Gasteiger partial charge on any atom is 0.351 e. The average molecular weight is 476 g/mol. The van der Waals surface area contributed by atoms with Crippen LogP contribution in [0.4, 0.5) is 5.82 Å². The number of rotatable bonds is 7. The summed E-state index contributed by atoms with van der Waals surface area (Å²) in [5.41, 5.74) is -0.167. The minimum absolute atomic E-state index is 0.0445. The fourth-order valence-electron chi connectivity index (χ4n) is 3.18. The fourth-order valence-corrected chi connectivity index (χ4v) is 4.19. The third kappa shape index (κ3) is 5.88. The Balaban J connectivity index is 1.63. The van der Waals surface area contributed by atoms with Crippen molar-refractivity contribution in [3.63, 3.8) is 0 Å². The minimum Gasteiger partial charge on any atom is -0.497 e. The summed E-state index contributed by atoms with van der Waals surface area (Å²) >= 11 is 0. The van der Waals surface area contributed by atoms with Crippen molar-refractivity contribution < 1.29 is 23.8 Å². The molecule has 3 rings (SSSR count). The molecule has 0 bridgehead atoms. The molecule has 0 saturated carbocycles. The van der Waals surface area contributed by atoms with Crippen LogP contribution in [0.25, 0.3) is 0 Å². The molecule has 1 amide bonds. The van der Waals surface area contributed by atoms with Crippen molar-refractivity contribution in [3.05, 3.63) is 52.6 Å². The van der Waals surface area contributed by atoms with Crippen LogP contribution in [0.5, 0.6) is 5.75 Å². The van der Waals surface area contributed by atoms with Gasteiger partial charge >= 0.3 is 5.69 Å². The number of anilines is 1. The van der Waals surface area contributed by atoms with E-state index in [1.165, 1.54) is 16.8 Å². The van der Waals surface area contributed by atoms with Gasteiger partial charge in [-0.25, -0.2) is 4.79 Å². The van der Waals surface area contributed by atoms with Gasteiger partial charge in [-0.15, -0.1) is 0 Å². The number of hydrogen-bond acceptors (Lipinski definition) is 7. The molecule has 9 nitrogen and oxygen atoms in total. The number of benzene rings is 1. The standard InChI is InChI=1S/C23H33N3O6Si/c1-23(2,3)33(5,6)31-14-18-17(27)13-20(32-18)26-12-11-19(25-22(26)29)24-21(28)15-7-9-16(30-4)10-8-15/h7-12,17-18,20,27H,13-14H2,1-6H3,(H,24,25,28,29)/t17-,18+,20+/m0/s1. The molecule has 2 heterocycles. The van der Waals surface area contributed by atoms with E-state index in [0.29, 0.717) is 11.3 Å². The van der Waals surface area contributed by atoms with Gasteiger partial charge in [0.25, 0.3) is 5.91 Å². The molecule has 0 aliphatic carbocycles. The van der Waals surface area contributed by atoms with Crippen LogP contribution in [0.15, 0.2) is 41.3 Å². The molecule has 0 spiro atoms.